The van der Waals surface area contributed by atoms with Crippen LogP contribution in [0.5, 0.6) is 5.75 Å². The third-order valence-electron chi connectivity index (χ3n) is 5.19. The van der Waals surface area contributed by atoms with Crippen LogP contribution in [0.15, 0.2) is 23.4 Å². The molecule has 2 aromatic rings. The number of fused-ring (bicyclic) bond motifs is 1. The summed E-state index contributed by atoms with van der Waals surface area (Å²) in [6, 6.07) is 3.71. The topological polar surface area (TPSA) is 129 Å². The van der Waals surface area contributed by atoms with E-state index in [2.05, 4.69) is 10.3 Å². The summed E-state index contributed by atoms with van der Waals surface area (Å²) in [6.45, 7) is 3.61. The van der Waals surface area contributed by atoms with E-state index in [1.807, 2.05) is 6.92 Å². The van der Waals surface area contributed by atoms with Crippen molar-refractivity contribution in [3.05, 3.63) is 45.3 Å². The zero-order valence-electron chi connectivity index (χ0n) is 16.1. The smallest absolute Gasteiger partial charge is 0.279 e. The number of carbonyl (C=O) groups excluding carboxylic acids is 2. The highest BCUT2D eigenvalue weighted by atomic mass is 16.7. The molecule has 2 atom stereocenters. The molecule has 0 N–H and O–H groups in total. The number of nitro benzene ring substituents is 1. The Kier molecular flexibility index (Phi) is 4.10. The summed E-state index contributed by atoms with van der Waals surface area (Å²) >= 11 is 0. The molecule has 150 valence electrons. The van der Waals surface area contributed by atoms with E-state index in [-0.39, 0.29) is 17.1 Å². The number of benzene rings is 1. The normalized spacial score (nSPS) is 20.6. The van der Waals surface area contributed by atoms with Crippen molar-refractivity contribution < 1.29 is 24.1 Å². The highest BCUT2D eigenvalue weighted by Crippen LogP contribution is 2.40. The number of aryl methyl sites for hydroxylation is 2. The van der Waals surface area contributed by atoms with Crippen LogP contribution in [-0.2, 0) is 21.5 Å². The van der Waals surface area contributed by atoms with Gasteiger partial charge in [0.2, 0.25) is 12.0 Å². The van der Waals surface area contributed by atoms with Crippen molar-refractivity contribution in [1.82, 2.24) is 9.78 Å². The lowest BCUT2D eigenvalue weighted by Gasteiger charge is -2.18. The molecule has 2 amide bonds. The highest BCUT2D eigenvalue weighted by Gasteiger charge is 2.57. The summed E-state index contributed by atoms with van der Waals surface area (Å²) < 4.78 is 6.87. The number of nitrogens with zero attached hydrogens (tertiary/aromatic N) is 5. The van der Waals surface area contributed by atoms with Crippen LogP contribution in [-0.4, -0.2) is 45.4 Å². The number of imide groups is 1. The van der Waals surface area contributed by atoms with Crippen LogP contribution in [0.2, 0.25) is 0 Å². The largest absolute Gasteiger partial charge is 0.495 e. The molecule has 11 nitrogen and oxygen atoms in total. The first-order valence-electron chi connectivity index (χ1n) is 8.70. The van der Waals surface area contributed by atoms with Gasteiger partial charge >= 0.3 is 0 Å². The minimum Gasteiger partial charge on any atom is -0.495 e. The first-order valence-corrected chi connectivity index (χ1v) is 8.70. The van der Waals surface area contributed by atoms with Crippen LogP contribution in [0.3, 0.4) is 0 Å². The van der Waals surface area contributed by atoms with Crippen LogP contribution in [0.25, 0.3) is 0 Å². The van der Waals surface area contributed by atoms with Gasteiger partial charge in [-0.3, -0.25) is 24.4 Å². The van der Waals surface area contributed by atoms with E-state index in [1.165, 1.54) is 19.2 Å². The minimum atomic E-state index is -1.14. The number of oxime groups is 1. The lowest BCUT2D eigenvalue weighted by molar-refractivity contribution is -0.384. The molecule has 4 rings (SSSR count). The number of non-ortho nitro benzene ring substituents is 1. The minimum absolute atomic E-state index is 0.00585. The Hall–Kier alpha value is -3.76. The first kappa shape index (κ1) is 18.6. The molecule has 0 spiro atoms. The van der Waals surface area contributed by atoms with Gasteiger partial charge in [-0.2, -0.15) is 5.10 Å². The molecule has 0 saturated carbocycles. The van der Waals surface area contributed by atoms with E-state index in [9.17, 15) is 19.7 Å². The molecule has 0 bridgehead atoms. The molecule has 11 heteroatoms. The van der Waals surface area contributed by atoms with Crippen molar-refractivity contribution in [2.45, 2.75) is 20.0 Å². The second-order valence-electron chi connectivity index (χ2n) is 6.77. The summed E-state index contributed by atoms with van der Waals surface area (Å²) in [7, 11) is 3.11. The van der Waals surface area contributed by atoms with Gasteiger partial charge in [-0.1, -0.05) is 5.16 Å². The summed E-state index contributed by atoms with van der Waals surface area (Å²) in [4.78, 5) is 43.0. The molecule has 0 aliphatic carbocycles. The number of rotatable bonds is 4. The van der Waals surface area contributed by atoms with Gasteiger partial charge in [0.05, 0.1) is 17.7 Å². The first-order chi connectivity index (χ1) is 13.8. The summed E-state index contributed by atoms with van der Waals surface area (Å²) in [5.74, 6) is -2.05. The number of aromatic nitrogens is 2. The predicted molar refractivity (Wildman–Crippen MR) is 99.7 cm³/mol. The van der Waals surface area contributed by atoms with Crippen molar-refractivity contribution in [2.75, 3.05) is 12.0 Å². The zero-order valence-corrected chi connectivity index (χ0v) is 16.1. The maximum absolute atomic E-state index is 13.3. The number of hydrogen-bond acceptors (Lipinski definition) is 8. The molecule has 0 radical (unpaired) electrons. The molecule has 2 aliphatic heterocycles. The van der Waals surface area contributed by atoms with Gasteiger partial charge in [0.25, 0.3) is 11.6 Å². The van der Waals surface area contributed by atoms with E-state index < -0.39 is 28.8 Å². The van der Waals surface area contributed by atoms with E-state index in [0.29, 0.717) is 17.0 Å². The zero-order chi connectivity index (χ0) is 21.0. The maximum atomic E-state index is 13.3. The fourth-order valence-corrected chi connectivity index (χ4v) is 3.73. The number of amides is 2. The predicted octanol–water partition coefficient (Wildman–Crippen LogP) is 1.25. The second-order valence-corrected chi connectivity index (χ2v) is 6.77. The average Bonchev–Trinajstić information content (AvgIpc) is 3.29. The van der Waals surface area contributed by atoms with Crippen molar-refractivity contribution in [1.29, 1.82) is 0 Å². The maximum Gasteiger partial charge on any atom is 0.279 e. The van der Waals surface area contributed by atoms with Gasteiger partial charge in [0.1, 0.15) is 23.1 Å². The molecule has 1 aromatic heterocycles. The summed E-state index contributed by atoms with van der Waals surface area (Å²) in [5, 5.41) is 19.5. The Morgan fingerprint density at radius 3 is 2.55 bits per heavy atom. The van der Waals surface area contributed by atoms with Gasteiger partial charge in [-0.05, 0) is 19.9 Å². The van der Waals surface area contributed by atoms with Crippen molar-refractivity contribution >= 4 is 28.9 Å². The molecule has 0 unspecified atom stereocenters. The highest BCUT2D eigenvalue weighted by molar-refractivity contribution is 6.33. The fraction of sp³-hybridized carbons (Fsp3) is 0.333. The lowest BCUT2D eigenvalue weighted by atomic mass is 9.93. The molecule has 29 heavy (non-hydrogen) atoms. The second kappa shape index (κ2) is 6.40. The number of anilines is 1. The fourth-order valence-electron chi connectivity index (χ4n) is 3.73. The molecular weight excluding hydrogens is 382 g/mol. The Bertz CT molecular complexity index is 1100. The van der Waals surface area contributed by atoms with Gasteiger partial charge in [0.15, 0.2) is 0 Å². The van der Waals surface area contributed by atoms with Crippen LogP contribution >= 0.6 is 0 Å². The quantitative estimate of drug-likeness (QED) is 0.430. The van der Waals surface area contributed by atoms with Crippen molar-refractivity contribution in [2.24, 2.45) is 18.1 Å². The van der Waals surface area contributed by atoms with E-state index in [4.69, 9.17) is 9.57 Å². The molecule has 1 aromatic carbocycles. The Morgan fingerprint density at radius 1 is 1.24 bits per heavy atom. The van der Waals surface area contributed by atoms with Gasteiger partial charge in [-0.25, -0.2) is 4.90 Å². The molecule has 3 heterocycles. The van der Waals surface area contributed by atoms with Gasteiger partial charge in [-0.15, -0.1) is 0 Å². The molecule has 2 aliphatic rings. The third-order valence-corrected chi connectivity index (χ3v) is 5.19. The standard InChI is InChI=1S/C18H17N5O6/c1-8-13(9(2)21(3)19-8)15-14-16(29-20-15)18(25)22(17(14)24)11-7-10(23(26)27)5-6-12(11)28-4/h5-7,14,16H,1-4H3/t14-,16+/m1/s1. The van der Waals surface area contributed by atoms with E-state index in [0.717, 1.165) is 16.7 Å². The van der Waals surface area contributed by atoms with Gasteiger partial charge < -0.3 is 9.57 Å². The molecule has 1 saturated heterocycles. The van der Waals surface area contributed by atoms with Crippen LogP contribution in [0.1, 0.15) is 17.0 Å². The number of carbonyl (C=O) groups is 2. The Morgan fingerprint density at radius 2 is 1.97 bits per heavy atom. The monoisotopic (exact) mass is 399 g/mol. The van der Waals surface area contributed by atoms with E-state index in [1.54, 1.807) is 18.7 Å². The SMILES string of the molecule is COc1ccc([N+](=O)[O-])cc1N1C(=O)[C@@H]2C(c3c(C)nn(C)c3C)=NO[C@@H]2C1=O. The van der Waals surface area contributed by atoms with Crippen molar-refractivity contribution in [3.63, 3.8) is 0 Å². The van der Waals surface area contributed by atoms with Crippen molar-refractivity contribution in [3.8, 4) is 5.75 Å². The average molecular weight is 399 g/mol. The number of ether oxygens (including phenoxy) is 1. The number of methoxy groups -OCH3 is 1. The third kappa shape index (κ3) is 2.57. The number of nitro groups is 1. The summed E-state index contributed by atoms with van der Waals surface area (Å²) in [6.07, 6.45) is -1.14. The number of hydrogen-bond donors (Lipinski definition) is 0. The van der Waals surface area contributed by atoms with Gasteiger partial charge in [0, 0.05) is 30.4 Å². The molecule has 1 fully saturated rings. The summed E-state index contributed by atoms with van der Waals surface area (Å²) in [5.41, 5.74) is 2.12. The van der Waals surface area contributed by atoms with E-state index >= 15 is 0 Å². The van der Waals surface area contributed by atoms with Crippen LogP contribution < -0.4 is 9.64 Å². The van der Waals surface area contributed by atoms with Crippen LogP contribution in [0.4, 0.5) is 11.4 Å². The molecular formula is C18H17N5O6. The lowest BCUT2D eigenvalue weighted by Crippen LogP contribution is -2.33. The Balaban J connectivity index is 1.79. The van der Waals surface area contributed by atoms with Crippen LogP contribution in [0, 0.1) is 29.9 Å². The Labute approximate surface area is 164 Å².